The third kappa shape index (κ3) is 5.58. The number of benzene rings is 3. The standard InChI is InChI=1S/C28H27N7O3S/c1-3-17-35-25-14-13-22(34(2)27-29-15-8-16-30-27)19-24(25)31-28(35)32-26(36)20-9-7-10-21(18-20)33-39(37,38)23-11-5-4-6-12-23/h4-16,18-19,33H,3,17H2,1-2H3,(H,31,32,36). The number of carbonyl (C=O) groups excluding carboxylic acids is 1. The summed E-state index contributed by atoms with van der Waals surface area (Å²) in [5.41, 5.74) is 3.02. The van der Waals surface area contributed by atoms with Gasteiger partial charge in [-0.05, 0) is 61.0 Å². The van der Waals surface area contributed by atoms with E-state index in [1.165, 1.54) is 18.2 Å². The summed E-state index contributed by atoms with van der Waals surface area (Å²) in [5, 5.41) is 2.90. The normalized spacial score (nSPS) is 11.3. The number of carbonyl (C=O) groups is 1. The number of hydrogen-bond donors (Lipinski definition) is 2. The van der Waals surface area contributed by atoms with E-state index in [1.54, 1.807) is 54.9 Å². The van der Waals surface area contributed by atoms with Gasteiger partial charge in [-0.15, -0.1) is 0 Å². The summed E-state index contributed by atoms with van der Waals surface area (Å²) in [5.74, 6) is 0.558. The number of nitrogens with one attached hydrogen (secondary N) is 2. The first-order valence-corrected chi connectivity index (χ1v) is 13.8. The third-order valence-corrected chi connectivity index (χ3v) is 7.47. The van der Waals surface area contributed by atoms with Crippen LogP contribution >= 0.6 is 0 Å². The van der Waals surface area contributed by atoms with Crippen LogP contribution in [0.1, 0.15) is 23.7 Å². The Morgan fingerprint density at radius 3 is 2.46 bits per heavy atom. The number of fused-ring (bicyclic) bond motifs is 1. The van der Waals surface area contributed by atoms with Crippen LogP contribution in [-0.2, 0) is 16.6 Å². The molecule has 5 rings (SSSR count). The van der Waals surface area contributed by atoms with Crippen LogP contribution < -0.4 is 14.9 Å². The zero-order valence-corrected chi connectivity index (χ0v) is 22.3. The molecule has 0 unspecified atom stereocenters. The molecule has 39 heavy (non-hydrogen) atoms. The molecule has 2 heterocycles. The van der Waals surface area contributed by atoms with Crippen molar-refractivity contribution < 1.29 is 13.2 Å². The molecule has 0 atom stereocenters. The van der Waals surface area contributed by atoms with Crippen molar-refractivity contribution >= 4 is 50.2 Å². The average molecular weight is 542 g/mol. The Morgan fingerprint density at radius 1 is 0.949 bits per heavy atom. The van der Waals surface area contributed by atoms with Crippen molar-refractivity contribution in [2.45, 2.75) is 24.8 Å². The number of nitrogens with zero attached hydrogens (tertiary/aromatic N) is 5. The average Bonchev–Trinajstić information content (AvgIpc) is 3.29. The molecular formula is C28H27N7O3S. The first kappa shape index (κ1) is 25.9. The van der Waals surface area contributed by atoms with E-state index in [1.807, 2.05) is 34.7 Å². The topological polar surface area (TPSA) is 122 Å². The maximum atomic E-state index is 13.2. The van der Waals surface area contributed by atoms with Crippen molar-refractivity contribution in [3.05, 3.63) is 96.8 Å². The molecule has 198 valence electrons. The van der Waals surface area contributed by atoms with Crippen molar-refractivity contribution in [3.8, 4) is 0 Å². The Hall–Kier alpha value is -4.77. The predicted molar refractivity (Wildman–Crippen MR) is 152 cm³/mol. The number of aryl methyl sites for hydroxylation is 1. The van der Waals surface area contributed by atoms with Crippen molar-refractivity contribution in [1.82, 2.24) is 19.5 Å². The molecule has 0 saturated carbocycles. The highest BCUT2D eigenvalue weighted by Gasteiger charge is 2.18. The molecule has 10 nitrogen and oxygen atoms in total. The summed E-state index contributed by atoms with van der Waals surface area (Å²) in [6.07, 6.45) is 4.20. The lowest BCUT2D eigenvalue weighted by atomic mass is 10.2. The summed E-state index contributed by atoms with van der Waals surface area (Å²) in [7, 11) is -1.91. The second-order valence-corrected chi connectivity index (χ2v) is 10.5. The quantitative estimate of drug-likeness (QED) is 0.268. The molecule has 0 spiro atoms. The molecule has 2 N–H and O–H groups in total. The maximum absolute atomic E-state index is 13.2. The van der Waals surface area contributed by atoms with Crippen molar-refractivity contribution in [1.29, 1.82) is 0 Å². The number of anilines is 4. The Balaban J connectivity index is 1.40. The highest BCUT2D eigenvalue weighted by molar-refractivity contribution is 7.92. The van der Waals surface area contributed by atoms with E-state index in [-0.39, 0.29) is 10.6 Å². The minimum atomic E-state index is -3.79. The summed E-state index contributed by atoms with van der Waals surface area (Å²) in [6.45, 7) is 2.70. The molecule has 2 aromatic heterocycles. The summed E-state index contributed by atoms with van der Waals surface area (Å²) < 4.78 is 29.9. The van der Waals surface area contributed by atoms with E-state index < -0.39 is 15.9 Å². The molecule has 0 aliphatic carbocycles. The molecule has 0 aliphatic heterocycles. The fourth-order valence-electron chi connectivity index (χ4n) is 4.16. The lowest BCUT2D eigenvalue weighted by Gasteiger charge is -2.16. The molecule has 5 aromatic rings. The van der Waals surface area contributed by atoms with Crippen LogP contribution in [0.15, 0.2) is 96.2 Å². The van der Waals surface area contributed by atoms with Crippen LogP contribution in [0.2, 0.25) is 0 Å². The van der Waals surface area contributed by atoms with Gasteiger partial charge in [0, 0.05) is 42.9 Å². The van der Waals surface area contributed by atoms with E-state index in [4.69, 9.17) is 4.98 Å². The van der Waals surface area contributed by atoms with Gasteiger partial charge in [-0.1, -0.05) is 31.2 Å². The molecule has 0 saturated heterocycles. The highest BCUT2D eigenvalue weighted by Crippen LogP contribution is 2.28. The number of hydrogen-bond acceptors (Lipinski definition) is 7. The van der Waals surface area contributed by atoms with E-state index in [9.17, 15) is 13.2 Å². The number of amides is 1. The van der Waals surface area contributed by atoms with Crippen LogP contribution in [0.5, 0.6) is 0 Å². The Morgan fingerprint density at radius 2 is 1.72 bits per heavy atom. The van der Waals surface area contributed by atoms with E-state index in [0.29, 0.717) is 29.5 Å². The van der Waals surface area contributed by atoms with Crippen LogP contribution in [0.25, 0.3) is 11.0 Å². The predicted octanol–water partition coefficient (Wildman–Crippen LogP) is 5.06. The van der Waals surface area contributed by atoms with Crippen LogP contribution in [0, 0.1) is 0 Å². The molecule has 11 heteroatoms. The molecule has 0 radical (unpaired) electrons. The SMILES string of the molecule is CCCn1c(NC(=O)c2cccc(NS(=O)(=O)c3ccccc3)c2)nc2cc(N(C)c3ncccn3)ccc21. The second-order valence-electron chi connectivity index (χ2n) is 8.82. The molecular weight excluding hydrogens is 514 g/mol. The van der Waals surface area contributed by atoms with Crippen molar-refractivity contribution in [2.24, 2.45) is 0 Å². The van der Waals surface area contributed by atoms with E-state index in [0.717, 1.165) is 17.6 Å². The third-order valence-electron chi connectivity index (χ3n) is 6.07. The summed E-state index contributed by atoms with van der Waals surface area (Å²) in [6, 6.07) is 22.0. The highest BCUT2D eigenvalue weighted by atomic mass is 32.2. The van der Waals surface area contributed by atoms with Gasteiger partial charge < -0.3 is 9.47 Å². The van der Waals surface area contributed by atoms with Gasteiger partial charge in [0.25, 0.3) is 15.9 Å². The second kappa shape index (κ2) is 10.9. The lowest BCUT2D eigenvalue weighted by molar-refractivity contribution is 0.102. The first-order valence-electron chi connectivity index (χ1n) is 12.4. The molecule has 0 aliphatic rings. The Bertz CT molecular complexity index is 1720. The van der Waals surface area contributed by atoms with Gasteiger partial charge in [0.15, 0.2) is 0 Å². The van der Waals surface area contributed by atoms with Gasteiger partial charge in [0.05, 0.1) is 15.9 Å². The van der Waals surface area contributed by atoms with Crippen molar-refractivity contribution in [3.63, 3.8) is 0 Å². The smallest absolute Gasteiger partial charge is 0.261 e. The Kier molecular flexibility index (Phi) is 7.24. The molecule has 3 aromatic carbocycles. The van der Waals surface area contributed by atoms with Gasteiger partial charge in [0.2, 0.25) is 11.9 Å². The zero-order valence-electron chi connectivity index (χ0n) is 21.4. The van der Waals surface area contributed by atoms with Gasteiger partial charge in [-0.25, -0.2) is 23.4 Å². The van der Waals surface area contributed by atoms with Crippen molar-refractivity contribution in [2.75, 3.05) is 22.0 Å². The number of rotatable bonds is 9. The minimum Gasteiger partial charge on any atom is -0.314 e. The number of aromatic nitrogens is 4. The van der Waals surface area contributed by atoms with Gasteiger partial charge >= 0.3 is 0 Å². The Labute approximate surface area is 226 Å². The van der Waals surface area contributed by atoms with Gasteiger partial charge in [0.1, 0.15) is 0 Å². The maximum Gasteiger partial charge on any atom is 0.261 e. The first-order chi connectivity index (χ1) is 18.9. The molecule has 1 amide bonds. The zero-order chi connectivity index (χ0) is 27.4. The van der Waals surface area contributed by atoms with E-state index >= 15 is 0 Å². The largest absolute Gasteiger partial charge is 0.314 e. The van der Waals surface area contributed by atoms with Gasteiger partial charge in [-0.2, -0.15) is 0 Å². The monoisotopic (exact) mass is 541 g/mol. The summed E-state index contributed by atoms with van der Waals surface area (Å²) >= 11 is 0. The number of imidazole rings is 1. The fraction of sp³-hybridized carbons (Fsp3) is 0.143. The fourth-order valence-corrected chi connectivity index (χ4v) is 5.23. The van der Waals surface area contributed by atoms with Crippen LogP contribution in [0.4, 0.5) is 23.3 Å². The summed E-state index contributed by atoms with van der Waals surface area (Å²) in [4.78, 5) is 28.5. The van der Waals surface area contributed by atoms with Crippen LogP contribution in [0.3, 0.4) is 0 Å². The minimum absolute atomic E-state index is 0.136. The molecule has 0 fully saturated rings. The van der Waals surface area contributed by atoms with Gasteiger partial charge in [-0.3, -0.25) is 14.8 Å². The number of sulfonamides is 1. The lowest BCUT2D eigenvalue weighted by Crippen LogP contribution is -2.17. The van der Waals surface area contributed by atoms with Crippen LogP contribution in [-0.4, -0.2) is 40.9 Å². The molecule has 0 bridgehead atoms. The van der Waals surface area contributed by atoms with E-state index in [2.05, 4.69) is 26.9 Å².